The number of aryl methyl sites for hydroxylation is 1. The summed E-state index contributed by atoms with van der Waals surface area (Å²) in [4.78, 5) is 29.4. The zero-order valence-corrected chi connectivity index (χ0v) is 20.4. The van der Waals surface area contributed by atoms with Crippen LogP contribution in [0.2, 0.25) is 0 Å². The van der Waals surface area contributed by atoms with E-state index in [1.165, 1.54) is 4.68 Å². The fourth-order valence-corrected chi connectivity index (χ4v) is 4.72. The van der Waals surface area contributed by atoms with E-state index in [9.17, 15) is 9.59 Å². The van der Waals surface area contributed by atoms with E-state index in [0.29, 0.717) is 42.9 Å². The summed E-state index contributed by atoms with van der Waals surface area (Å²) >= 11 is 0. The molecule has 1 saturated heterocycles. The molecule has 34 heavy (non-hydrogen) atoms. The molecule has 11 heteroatoms. The Balaban J connectivity index is 1.27. The number of rotatable bonds is 7. The first-order valence-corrected chi connectivity index (χ1v) is 11.9. The molecule has 2 unspecified atom stereocenters. The molecule has 0 radical (unpaired) electrons. The summed E-state index contributed by atoms with van der Waals surface area (Å²) < 4.78 is 12.4. The van der Waals surface area contributed by atoms with Crippen LogP contribution in [-0.4, -0.2) is 87.2 Å². The van der Waals surface area contributed by atoms with Crippen molar-refractivity contribution in [2.24, 2.45) is 7.05 Å². The number of nitrogens with zero attached hydrogens (tertiary/aromatic N) is 5. The minimum Gasteiger partial charge on any atom is -0.446 e. The number of hydrogen-bond donors (Lipinski definition) is 2. The number of nitrogens with one attached hydrogen (secondary N) is 2. The molecule has 2 aliphatic rings. The van der Waals surface area contributed by atoms with E-state index in [-0.39, 0.29) is 24.0 Å². The van der Waals surface area contributed by atoms with Crippen LogP contribution in [0.1, 0.15) is 60.9 Å². The average Bonchev–Trinajstić information content (AvgIpc) is 3.54. The molecule has 4 rings (SSSR count). The Kier molecular flexibility index (Phi) is 7.52. The zero-order chi connectivity index (χ0) is 24.2. The fraction of sp³-hybridized carbons (Fsp3) is 0.652. The topological polar surface area (TPSA) is 118 Å². The molecule has 2 aromatic rings. The second-order valence-corrected chi connectivity index (χ2v) is 9.37. The lowest BCUT2D eigenvalue weighted by atomic mass is 10.0. The lowest BCUT2D eigenvalue weighted by Gasteiger charge is -2.36. The standard InChI is InChI=1S/C23H35N7O4/c1-15(2)29-7-9-30(10-8-29)23(32)34-18-6-5-16(11-18)19-13-21(26-25-19)24-22(31)20-12-17(14-33-4)27-28(20)3/h12-13,15-16,18H,5-11,14H2,1-4H3,(H2,24,25,26,31). The van der Waals surface area contributed by atoms with Gasteiger partial charge in [-0.3, -0.25) is 19.5 Å². The number of methoxy groups -OCH3 is 1. The van der Waals surface area contributed by atoms with E-state index in [1.807, 2.05) is 11.0 Å². The zero-order valence-electron chi connectivity index (χ0n) is 20.4. The van der Waals surface area contributed by atoms with E-state index in [0.717, 1.165) is 38.0 Å². The number of piperazine rings is 1. The number of aromatic nitrogens is 4. The smallest absolute Gasteiger partial charge is 0.410 e. The normalized spacial score (nSPS) is 21.3. The predicted octanol–water partition coefficient (Wildman–Crippen LogP) is 2.34. The Hall–Kier alpha value is -2.92. The number of hydrogen-bond acceptors (Lipinski definition) is 7. The van der Waals surface area contributed by atoms with Gasteiger partial charge < -0.3 is 19.7 Å². The number of carbonyl (C=O) groups is 2. The highest BCUT2D eigenvalue weighted by atomic mass is 16.6. The number of H-pyrrole nitrogens is 1. The molecule has 2 atom stereocenters. The van der Waals surface area contributed by atoms with Crippen LogP contribution >= 0.6 is 0 Å². The Morgan fingerprint density at radius 3 is 2.68 bits per heavy atom. The van der Waals surface area contributed by atoms with Crippen molar-refractivity contribution >= 4 is 17.8 Å². The summed E-state index contributed by atoms with van der Waals surface area (Å²) in [5.41, 5.74) is 2.05. The number of carbonyl (C=O) groups excluding carboxylic acids is 2. The van der Waals surface area contributed by atoms with Crippen LogP contribution in [0.4, 0.5) is 10.6 Å². The largest absolute Gasteiger partial charge is 0.446 e. The van der Waals surface area contributed by atoms with E-state index in [4.69, 9.17) is 9.47 Å². The Morgan fingerprint density at radius 2 is 1.97 bits per heavy atom. The maximum Gasteiger partial charge on any atom is 0.410 e. The molecule has 0 aromatic carbocycles. The molecule has 0 spiro atoms. The molecular weight excluding hydrogens is 438 g/mol. The fourth-order valence-electron chi connectivity index (χ4n) is 4.72. The van der Waals surface area contributed by atoms with Crippen molar-refractivity contribution in [3.8, 4) is 0 Å². The van der Waals surface area contributed by atoms with Gasteiger partial charge in [0.2, 0.25) is 0 Å². The summed E-state index contributed by atoms with van der Waals surface area (Å²) in [6, 6.07) is 4.05. The quantitative estimate of drug-likeness (QED) is 0.634. The highest BCUT2D eigenvalue weighted by Gasteiger charge is 2.32. The molecule has 0 bridgehead atoms. The number of amides is 2. The molecule has 11 nitrogen and oxygen atoms in total. The summed E-state index contributed by atoms with van der Waals surface area (Å²) in [5.74, 6) is 0.378. The van der Waals surface area contributed by atoms with Crippen molar-refractivity contribution in [3.05, 3.63) is 29.2 Å². The molecule has 3 heterocycles. The first-order valence-electron chi connectivity index (χ1n) is 11.9. The van der Waals surface area contributed by atoms with Crippen molar-refractivity contribution < 1.29 is 19.1 Å². The lowest BCUT2D eigenvalue weighted by molar-refractivity contribution is 0.0430. The SMILES string of the molecule is COCc1cc(C(=O)Nc2cc(C3CCC(OC(=O)N4CCN(C(C)C)CC4)C3)[nH]n2)n(C)n1. The second-order valence-electron chi connectivity index (χ2n) is 9.37. The second kappa shape index (κ2) is 10.6. The van der Waals surface area contributed by atoms with Gasteiger partial charge in [0.15, 0.2) is 5.82 Å². The van der Waals surface area contributed by atoms with Gasteiger partial charge in [-0.2, -0.15) is 10.2 Å². The molecule has 186 valence electrons. The van der Waals surface area contributed by atoms with Crippen LogP contribution in [0.5, 0.6) is 0 Å². The van der Waals surface area contributed by atoms with Gasteiger partial charge in [0, 0.05) is 64.1 Å². The Morgan fingerprint density at radius 1 is 1.21 bits per heavy atom. The molecule has 1 saturated carbocycles. The lowest BCUT2D eigenvalue weighted by Crippen LogP contribution is -2.51. The summed E-state index contributed by atoms with van der Waals surface area (Å²) in [7, 11) is 3.30. The van der Waals surface area contributed by atoms with Gasteiger partial charge in [-0.1, -0.05) is 0 Å². The number of anilines is 1. The molecule has 2 amide bonds. The van der Waals surface area contributed by atoms with Crippen molar-refractivity contribution in [2.45, 2.75) is 57.8 Å². The van der Waals surface area contributed by atoms with Crippen molar-refractivity contribution in [3.63, 3.8) is 0 Å². The van der Waals surface area contributed by atoms with Gasteiger partial charge in [-0.25, -0.2) is 4.79 Å². The molecule has 1 aliphatic carbocycles. The maximum absolute atomic E-state index is 12.6. The molecule has 2 N–H and O–H groups in total. The maximum atomic E-state index is 12.6. The van der Waals surface area contributed by atoms with Gasteiger partial charge in [-0.15, -0.1) is 0 Å². The Labute approximate surface area is 199 Å². The minimum absolute atomic E-state index is 0.101. The summed E-state index contributed by atoms with van der Waals surface area (Å²) in [6.07, 6.45) is 2.15. The van der Waals surface area contributed by atoms with Gasteiger partial charge in [-0.05, 0) is 39.2 Å². The third kappa shape index (κ3) is 5.58. The van der Waals surface area contributed by atoms with Crippen LogP contribution in [0, 0.1) is 0 Å². The van der Waals surface area contributed by atoms with Gasteiger partial charge >= 0.3 is 6.09 Å². The van der Waals surface area contributed by atoms with E-state index < -0.39 is 0 Å². The van der Waals surface area contributed by atoms with Crippen LogP contribution in [0.3, 0.4) is 0 Å². The minimum atomic E-state index is -0.286. The van der Waals surface area contributed by atoms with E-state index >= 15 is 0 Å². The van der Waals surface area contributed by atoms with Crippen LogP contribution in [-0.2, 0) is 23.1 Å². The molecule has 1 aliphatic heterocycles. The number of aromatic amines is 1. The monoisotopic (exact) mass is 473 g/mol. The first kappa shape index (κ1) is 24.2. The van der Waals surface area contributed by atoms with Crippen LogP contribution in [0.25, 0.3) is 0 Å². The highest BCUT2D eigenvalue weighted by molar-refractivity contribution is 6.02. The van der Waals surface area contributed by atoms with Gasteiger partial charge in [0.25, 0.3) is 5.91 Å². The molecule has 2 fully saturated rings. The van der Waals surface area contributed by atoms with Crippen LogP contribution in [0.15, 0.2) is 12.1 Å². The third-order valence-corrected chi connectivity index (χ3v) is 6.69. The number of ether oxygens (including phenoxy) is 2. The van der Waals surface area contributed by atoms with Gasteiger partial charge in [0.05, 0.1) is 12.3 Å². The van der Waals surface area contributed by atoms with E-state index in [2.05, 4.69) is 39.4 Å². The van der Waals surface area contributed by atoms with Crippen molar-refractivity contribution in [2.75, 3.05) is 38.6 Å². The average molecular weight is 474 g/mol. The van der Waals surface area contributed by atoms with Crippen LogP contribution < -0.4 is 5.32 Å². The van der Waals surface area contributed by atoms with Gasteiger partial charge in [0.1, 0.15) is 11.8 Å². The third-order valence-electron chi connectivity index (χ3n) is 6.69. The predicted molar refractivity (Wildman–Crippen MR) is 126 cm³/mol. The van der Waals surface area contributed by atoms with E-state index in [1.54, 1.807) is 20.2 Å². The molecule has 2 aromatic heterocycles. The van der Waals surface area contributed by atoms with Crippen molar-refractivity contribution in [1.29, 1.82) is 0 Å². The first-order chi connectivity index (χ1) is 16.3. The summed E-state index contributed by atoms with van der Waals surface area (Å²) in [6.45, 7) is 7.88. The Bertz CT molecular complexity index is 993. The highest BCUT2D eigenvalue weighted by Crippen LogP contribution is 2.36. The summed E-state index contributed by atoms with van der Waals surface area (Å²) in [5, 5.41) is 14.4. The molecular formula is C23H35N7O4. The van der Waals surface area contributed by atoms with Crippen molar-refractivity contribution in [1.82, 2.24) is 29.8 Å².